The first-order valence-corrected chi connectivity index (χ1v) is 7.43. The van der Waals surface area contributed by atoms with Gasteiger partial charge in [0.05, 0.1) is 24.7 Å². The van der Waals surface area contributed by atoms with Crippen molar-refractivity contribution in [2.45, 2.75) is 33.1 Å². The second kappa shape index (κ2) is 7.11. The molecule has 1 heterocycles. The van der Waals surface area contributed by atoms with E-state index < -0.39 is 5.97 Å². The summed E-state index contributed by atoms with van der Waals surface area (Å²) in [5.41, 5.74) is 0.534. The van der Waals surface area contributed by atoms with Crippen molar-refractivity contribution in [1.82, 2.24) is 0 Å². The smallest absolute Gasteiger partial charge is 0.374 e. The molecule has 0 atom stereocenters. The minimum Gasteiger partial charge on any atom is -0.497 e. The van der Waals surface area contributed by atoms with Gasteiger partial charge in [-0.15, -0.1) is 0 Å². The maximum absolute atomic E-state index is 12.7. The number of esters is 1. The van der Waals surface area contributed by atoms with Gasteiger partial charge in [-0.05, 0) is 38.0 Å². The lowest BCUT2D eigenvalue weighted by Crippen LogP contribution is -2.18. The van der Waals surface area contributed by atoms with E-state index in [0.29, 0.717) is 28.7 Å². The molecule has 5 nitrogen and oxygen atoms in total. The average molecular weight is 304 g/mol. The van der Waals surface area contributed by atoms with E-state index >= 15 is 0 Å². The lowest BCUT2D eigenvalue weighted by atomic mass is 10.0. The molecular weight excluding hydrogens is 284 g/mol. The van der Waals surface area contributed by atoms with Crippen LogP contribution in [0.5, 0.6) is 5.75 Å². The van der Waals surface area contributed by atoms with Crippen molar-refractivity contribution in [2.24, 2.45) is 0 Å². The Morgan fingerprint density at radius 2 is 2.05 bits per heavy atom. The average Bonchev–Trinajstić information content (AvgIpc) is 2.53. The predicted octanol–water partition coefficient (Wildman–Crippen LogP) is 3.32. The van der Waals surface area contributed by atoms with Crippen molar-refractivity contribution in [2.75, 3.05) is 13.7 Å². The highest BCUT2D eigenvalue weighted by atomic mass is 16.5. The fraction of sp³-hybridized carbons (Fsp3) is 0.412. The van der Waals surface area contributed by atoms with Crippen LogP contribution in [0.3, 0.4) is 0 Å². The molecule has 0 saturated heterocycles. The van der Waals surface area contributed by atoms with E-state index in [1.807, 2.05) is 6.92 Å². The molecule has 0 unspecified atom stereocenters. The number of hydrogen-bond acceptors (Lipinski definition) is 5. The largest absolute Gasteiger partial charge is 0.497 e. The molecule has 118 valence electrons. The van der Waals surface area contributed by atoms with Gasteiger partial charge in [0, 0.05) is 0 Å². The standard InChI is InChI=1S/C17H20O5/c1-4-6-7-12-15(18)13-10-11(20-3)8-9-14(13)22-16(12)17(19)21-5-2/h8-10H,4-7H2,1-3H3. The van der Waals surface area contributed by atoms with E-state index in [1.54, 1.807) is 25.1 Å². The Morgan fingerprint density at radius 3 is 2.68 bits per heavy atom. The quantitative estimate of drug-likeness (QED) is 0.766. The number of unbranched alkanes of at least 4 members (excludes halogenated alkanes) is 1. The molecule has 1 aromatic heterocycles. The van der Waals surface area contributed by atoms with Crippen molar-refractivity contribution >= 4 is 16.9 Å². The summed E-state index contributed by atoms with van der Waals surface area (Å²) >= 11 is 0. The number of ether oxygens (including phenoxy) is 2. The van der Waals surface area contributed by atoms with Crippen LogP contribution in [0.25, 0.3) is 11.0 Å². The fourth-order valence-corrected chi connectivity index (χ4v) is 2.28. The topological polar surface area (TPSA) is 65.7 Å². The van der Waals surface area contributed by atoms with E-state index in [4.69, 9.17) is 13.9 Å². The van der Waals surface area contributed by atoms with Crippen molar-refractivity contribution in [3.8, 4) is 5.75 Å². The molecule has 0 radical (unpaired) electrons. The monoisotopic (exact) mass is 304 g/mol. The highest BCUT2D eigenvalue weighted by Gasteiger charge is 2.21. The number of fused-ring (bicyclic) bond motifs is 1. The summed E-state index contributed by atoms with van der Waals surface area (Å²) in [6.45, 7) is 3.97. The lowest BCUT2D eigenvalue weighted by Gasteiger charge is -2.09. The van der Waals surface area contributed by atoms with Gasteiger partial charge in [-0.3, -0.25) is 4.79 Å². The van der Waals surface area contributed by atoms with Gasteiger partial charge in [-0.2, -0.15) is 0 Å². The first kappa shape index (κ1) is 16.1. The molecule has 22 heavy (non-hydrogen) atoms. The van der Waals surface area contributed by atoms with Crippen LogP contribution in [-0.2, 0) is 11.2 Å². The molecule has 2 rings (SSSR count). The van der Waals surface area contributed by atoms with Crippen molar-refractivity contribution in [1.29, 1.82) is 0 Å². The van der Waals surface area contributed by atoms with Gasteiger partial charge in [0.25, 0.3) is 0 Å². The second-order valence-corrected chi connectivity index (χ2v) is 4.92. The van der Waals surface area contributed by atoms with E-state index in [0.717, 1.165) is 12.8 Å². The Balaban J connectivity index is 2.66. The molecule has 0 aliphatic heterocycles. The van der Waals surface area contributed by atoms with Crippen molar-refractivity contribution in [3.63, 3.8) is 0 Å². The normalized spacial score (nSPS) is 10.7. The Bertz CT molecular complexity index is 730. The van der Waals surface area contributed by atoms with Crippen LogP contribution >= 0.6 is 0 Å². The minimum atomic E-state index is -0.594. The Hall–Kier alpha value is -2.30. The summed E-state index contributed by atoms with van der Waals surface area (Å²) in [5.74, 6) is -0.00786. The van der Waals surface area contributed by atoms with Crippen LogP contribution in [0.1, 0.15) is 42.8 Å². The number of rotatable bonds is 6. The summed E-state index contributed by atoms with van der Waals surface area (Å²) in [6, 6.07) is 4.94. The van der Waals surface area contributed by atoms with Crippen LogP contribution in [0, 0.1) is 0 Å². The molecule has 0 fully saturated rings. The fourth-order valence-electron chi connectivity index (χ4n) is 2.28. The van der Waals surface area contributed by atoms with Crippen molar-refractivity contribution < 1.29 is 18.7 Å². The third-order valence-corrected chi connectivity index (χ3v) is 3.43. The molecule has 0 aliphatic rings. The lowest BCUT2D eigenvalue weighted by molar-refractivity contribution is 0.0488. The molecule has 0 amide bonds. The van der Waals surface area contributed by atoms with Crippen LogP contribution < -0.4 is 10.2 Å². The molecule has 0 N–H and O–H groups in total. The third-order valence-electron chi connectivity index (χ3n) is 3.43. The van der Waals surface area contributed by atoms with Crippen LogP contribution in [0.2, 0.25) is 0 Å². The maximum Gasteiger partial charge on any atom is 0.374 e. The molecule has 5 heteroatoms. The van der Waals surface area contributed by atoms with E-state index in [-0.39, 0.29) is 17.8 Å². The number of methoxy groups -OCH3 is 1. The van der Waals surface area contributed by atoms with Crippen molar-refractivity contribution in [3.05, 3.63) is 39.7 Å². The van der Waals surface area contributed by atoms with Gasteiger partial charge in [0.2, 0.25) is 5.76 Å². The molecule has 0 spiro atoms. The number of benzene rings is 1. The maximum atomic E-state index is 12.7. The summed E-state index contributed by atoms with van der Waals surface area (Å²) in [5, 5.41) is 0.415. The molecule has 2 aromatic rings. The minimum absolute atomic E-state index is 0.0120. The van der Waals surface area contributed by atoms with Gasteiger partial charge in [0.15, 0.2) is 5.43 Å². The van der Waals surface area contributed by atoms with E-state index in [1.165, 1.54) is 7.11 Å². The van der Waals surface area contributed by atoms with Crippen LogP contribution in [0.15, 0.2) is 27.4 Å². The van der Waals surface area contributed by atoms with Gasteiger partial charge in [-0.25, -0.2) is 4.79 Å². The number of hydrogen-bond donors (Lipinski definition) is 0. The number of carbonyl (C=O) groups excluding carboxylic acids is 1. The second-order valence-electron chi connectivity index (χ2n) is 4.92. The van der Waals surface area contributed by atoms with Gasteiger partial charge >= 0.3 is 5.97 Å². The van der Waals surface area contributed by atoms with Gasteiger partial charge in [0.1, 0.15) is 11.3 Å². The molecule has 1 aromatic carbocycles. The zero-order chi connectivity index (χ0) is 16.1. The SMILES string of the molecule is CCCCc1c(C(=O)OCC)oc2ccc(OC)cc2c1=O. The molecule has 0 bridgehead atoms. The zero-order valence-electron chi connectivity index (χ0n) is 13.1. The molecule has 0 aliphatic carbocycles. The Labute approximate surface area is 128 Å². The predicted molar refractivity (Wildman–Crippen MR) is 83.6 cm³/mol. The highest BCUT2D eigenvalue weighted by molar-refractivity contribution is 5.91. The summed E-state index contributed by atoms with van der Waals surface area (Å²) in [7, 11) is 1.54. The van der Waals surface area contributed by atoms with Gasteiger partial charge in [-0.1, -0.05) is 13.3 Å². The zero-order valence-corrected chi connectivity index (χ0v) is 13.1. The first-order chi connectivity index (χ1) is 10.6. The third kappa shape index (κ3) is 3.13. The van der Waals surface area contributed by atoms with Gasteiger partial charge < -0.3 is 13.9 Å². The summed E-state index contributed by atoms with van der Waals surface area (Å²) < 4.78 is 15.8. The Kier molecular flexibility index (Phi) is 5.20. The van der Waals surface area contributed by atoms with Crippen LogP contribution in [-0.4, -0.2) is 19.7 Å². The highest BCUT2D eigenvalue weighted by Crippen LogP contribution is 2.22. The molecular formula is C17H20O5. The number of carbonyl (C=O) groups is 1. The molecule has 0 saturated carbocycles. The summed E-state index contributed by atoms with van der Waals surface area (Å²) in [6.07, 6.45) is 2.20. The van der Waals surface area contributed by atoms with E-state index in [2.05, 4.69) is 0 Å². The van der Waals surface area contributed by atoms with Crippen LogP contribution in [0.4, 0.5) is 0 Å². The first-order valence-electron chi connectivity index (χ1n) is 7.43. The summed E-state index contributed by atoms with van der Waals surface area (Å²) in [4.78, 5) is 24.8. The van der Waals surface area contributed by atoms with E-state index in [9.17, 15) is 9.59 Å². The Morgan fingerprint density at radius 1 is 1.27 bits per heavy atom.